The summed E-state index contributed by atoms with van der Waals surface area (Å²) in [7, 11) is 1.51. The lowest BCUT2D eigenvalue weighted by Crippen LogP contribution is -2.41. The van der Waals surface area contributed by atoms with E-state index >= 15 is 0 Å². The van der Waals surface area contributed by atoms with Crippen LogP contribution in [0.15, 0.2) is 42.5 Å². The molecule has 0 aliphatic rings. The van der Waals surface area contributed by atoms with Crippen LogP contribution >= 0.6 is 11.3 Å². The summed E-state index contributed by atoms with van der Waals surface area (Å²) in [5.41, 5.74) is 6.91. The molecule has 0 atom stereocenters. The summed E-state index contributed by atoms with van der Waals surface area (Å²) in [6, 6.07) is 12.6. The molecule has 3 aromatic rings. The van der Waals surface area contributed by atoms with Crippen molar-refractivity contribution in [2.24, 2.45) is 0 Å². The van der Waals surface area contributed by atoms with E-state index in [1.54, 1.807) is 25.1 Å². The zero-order chi connectivity index (χ0) is 24.5. The van der Waals surface area contributed by atoms with E-state index in [1.807, 2.05) is 31.2 Å². The van der Waals surface area contributed by atoms with Crippen LogP contribution in [0.5, 0.6) is 17.2 Å². The van der Waals surface area contributed by atoms with Crippen LogP contribution < -0.4 is 25.1 Å². The highest BCUT2D eigenvalue weighted by atomic mass is 32.1. The second-order valence-electron chi connectivity index (χ2n) is 7.60. The molecule has 34 heavy (non-hydrogen) atoms. The number of nitrogens with zero attached hydrogens (tertiary/aromatic N) is 1. The number of nitrogens with one attached hydrogen (secondary N) is 2. The Bertz CT molecular complexity index is 1130. The van der Waals surface area contributed by atoms with Crippen LogP contribution in [0, 0.1) is 13.8 Å². The van der Waals surface area contributed by atoms with Crippen molar-refractivity contribution in [3.05, 3.63) is 69.2 Å². The van der Waals surface area contributed by atoms with E-state index < -0.39 is 11.8 Å². The molecule has 1 heterocycles. The fourth-order valence-electron chi connectivity index (χ4n) is 3.00. The Kier molecular flexibility index (Phi) is 8.86. The summed E-state index contributed by atoms with van der Waals surface area (Å²) < 4.78 is 16.8. The summed E-state index contributed by atoms with van der Waals surface area (Å²) >= 11 is 1.22. The number of ether oxygens (including phenoxy) is 3. The van der Waals surface area contributed by atoms with Crippen molar-refractivity contribution in [1.82, 2.24) is 15.8 Å². The quantitative estimate of drug-likeness (QED) is 0.323. The number of aromatic nitrogens is 1. The Balaban J connectivity index is 1.56. The number of aryl methyl sites for hydroxylation is 2. The highest BCUT2D eigenvalue weighted by molar-refractivity contribution is 7.13. The van der Waals surface area contributed by atoms with E-state index in [9.17, 15) is 9.59 Å². The molecule has 0 spiro atoms. The molecule has 8 nitrogen and oxygen atoms in total. The molecular weight excluding hydrogens is 454 g/mol. The molecule has 1 aromatic heterocycles. The Morgan fingerprint density at radius 3 is 2.41 bits per heavy atom. The largest absolute Gasteiger partial charge is 0.493 e. The Morgan fingerprint density at radius 1 is 0.971 bits per heavy atom. The van der Waals surface area contributed by atoms with Crippen molar-refractivity contribution < 1.29 is 23.8 Å². The van der Waals surface area contributed by atoms with Crippen LogP contribution in [0.4, 0.5) is 0 Å². The summed E-state index contributed by atoms with van der Waals surface area (Å²) in [6.07, 6.45) is 1.94. The van der Waals surface area contributed by atoms with Crippen LogP contribution in [0.1, 0.15) is 56.1 Å². The van der Waals surface area contributed by atoms with Gasteiger partial charge in [-0.3, -0.25) is 20.4 Å². The topological polar surface area (TPSA) is 98.8 Å². The summed E-state index contributed by atoms with van der Waals surface area (Å²) in [5.74, 6) is 0.825. The van der Waals surface area contributed by atoms with Gasteiger partial charge in [-0.25, -0.2) is 4.98 Å². The Morgan fingerprint density at radius 2 is 1.71 bits per heavy atom. The normalized spacial score (nSPS) is 10.5. The molecular formula is C25H29N3O5S. The summed E-state index contributed by atoms with van der Waals surface area (Å²) in [5, 5.41) is 0.665. The van der Waals surface area contributed by atoms with Gasteiger partial charge in [-0.15, -0.1) is 11.3 Å². The molecule has 0 saturated heterocycles. The van der Waals surface area contributed by atoms with Crippen molar-refractivity contribution in [3.8, 4) is 17.2 Å². The third-order valence-electron chi connectivity index (χ3n) is 4.90. The molecule has 2 N–H and O–H groups in total. The number of carbonyl (C=O) groups is 2. The number of thiazole rings is 1. The van der Waals surface area contributed by atoms with Crippen LogP contribution in [-0.2, 0) is 6.61 Å². The fraction of sp³-hybridized carbons (Fsp3) is 0.320. The second kappa shape index (κ2) is 12.0. The van der Waals surface area contributed by atoms with E-state index in [-0.39, 0.29) is 6.61 Å². The van der Waals surface area contributed by atoms with Crippen LogP contribution in [0.25, 0.3) is 0 Å². The van der Waals surface area contributed by atoms with Crippen molar-refractivity contribution in [3.63, 3.8) is 0 Å². The van der Waals surface area contributed by atoms with Crippen molar-refractivity contribution in [2.75, 3.05) is 13.7 Å². The minimum atomic E-state index is -0.475. The van der Waals surface area contributed by atoms with Gasteiger partial charge in [-0.05, 0) is 50.6 Å². The molecule has 9 heteroatoms. The molecule has 0 saturated carbocycles. The van der Waals surface area contributed by atoms with E-state index in [2.05, 4.69) is 22.8 Å². The molecule has 0 unspecified atom stereocenters. The first-order valence-electron chi connectivity index (χ1n) is 11.0. The minimum absolute atomic E-state index is 0.251. The number of hydrogen-bond donors (Lipinski definition) is 2. The van der Waals surface area contributed by atoms with Gasteiger partial charge in [0, 0.05) is 5.56 Å². The second-order valence-corrected chi connectivity index (χ2v) is 8.68. The van der Waals surface area contributed by atoms with Gasteiger partial charge in [-0.1, -0.05) is 31.0 Å². The zero-order valence-electron chi connectivity index (χ0n) is 19.8. The van der Waals surface area contributed by atoms with Gasteiger partial charge >= 0.3 is 0 Å². The van der Waals surface area contributed by atoms with Gasteiger partial charge in [0.25, 0.3) is 11.8 Å². The fourth-order valence-corrected chi connectivity index (χ4v) is 3.87. The maximum atomic E-state index is 12.6. The molecule has 2 amide bonds. The van der Waals surface area contributed by atoms with E-state index in [0.717, 1.165) is 24.2 Å². The average Bonchev–Trinajstić information content (AvgIpc) is 3.22. The molecule has 0 aliphatic heterocycles. The molecule has 180 valence electrons. The zero-order valence-corrected chi connectivity index (χ0v) is 20.6. The SMILES string of the molecule is CCCCOc1ccc(C(=O)NNC(=O)c2sc(COc3ccc(C)cc3)nc2C)cc1OC. The van der Waals surface area contributed by atoms with Crippen molar-refractivity contribution >= 4 is 23.2 Å². The Hall–Kier alpha value is -3.59. The average molecular weight is 484 g/mol. The number of rotatable bonds is 10. The first kappa shape index (κ1) is 25.0. The maximum Gasteiger partial charge on any atom is 0.281 e. The van der Waals surface area contributed by atoms with Gasteiger partial charge in [-0.2, -0.15) is 0 Å². The van der Waals surface area contributed by atoms with E-state index in [4.69, 9.17) is 14.2 Å². The molecule has 0 fully saturated rings. The predicted molar refractivity (Wildman–Crippen MR) is 131 cm³/mol. The van der Waals surface area contributed by atoms with E-state index in [1.165, 1.54) is 18.4 Å². The Labute approximate surface area is 203 Å². The summed E-state index contributed by atoms with van der Waals surface area (Å²) in [6.45, 7) is 6.65. The predicted octanol–water partition coefficient (Wildman–Crippen LogP) is 4.60. The number of amides is 2. The lowest BCUT2D eigenvalue weighted by Gasteiger charge is -2.12. The highest BCUT2D eigenvalue weighted by Crippen LogP contribution is 2.28. The van der Waals surface area contributed by atoms with Gasteiger partial charge in [0.05, 0.1) is 19.4 Å². The van der Waals surface area contributed by atoms with Gasteiger partial charge < -0.3 is 14.2 Å². The standard InChI is InChI=1S/C25H29N3O5S/c1-5-6-13-32-20-12-9-18(14-21(20)31-4)24(29)27-28-25(30)23-17(3)26-22(34-23)15-33-19-10-7-16(2)8-11-19/h7-12,14H,5-6,13,15H2,1-4H3,(H,27,29)(H,28,30). The number of hydrazine groups is 1. The highest BCUT2D eigenvalue weighted by Gasteiger charge is 2.17. The smallest absolute Gasteiger partial charge is 0.281 e. The third-order valence-corrected chi connectivity index (χ3v) is 6.03. The monoisotopic (exact) mass is 483 g/mol. The first-order valence-corrected chi connectivity index (χ1v) is 11.8. The van der Waals surface area contributed by atoms with Crippen LogP contribution in [-0.4, -0.2) is 30.5 Å². The first-order chi connectivity index (χ1) is 16.4. The lowest BCUT2D eigenvalue weighted by atomic mass is 10.2. The molecule has 0 bridgehead atoms. The van der Waals surface area contributed by atoms with Gasteiger partial charge in [0.15, 0.2) is 11.5 Å². The molecule has 0 aliphatic carbocycles. The number of benzene rings is 2. The molecule has 0 radical (unpaired) electrons. The van der Waals surface area contributed by atoms with Crippen molar-refractivity contribution in [1.29, 1.82) is 0 Å². The van der Waals surface area contributed by atoms with Gasteiger partial charge in [0.2, 0.25) is 0 Å². The van der Waals surface area contributed by atoms with Crippen LogP contribution in [0.3, 0.4) is 0 Å². The minimum Gasteiger partial charge on any atom is -0.493 e. The maximum absolute atomic E-state index is 12.6. The lowest BCUT2D eigenvalue weighted by molar-refractivity contribution is 0.0848. The van der Waals surface area contributed by atoms with E-state index in [0.29, 0.717) is 39.2 Å². The third kappa shape index (κ3) is 6.71. The van der Waals surface area contributed by atoms with Crippen molar-refractivity contribution in [2.45, 2.75) is 40.2 Å². The number of carbonyl (C=O) groups excluding carboxylic acids is 2. The molecule has 2 aromatic carbocycles. The molecule has 3 rings (SSSR count). The number of unbranched alkanes of at least 4 members (excludes halogenated alkanes) is 1. The van der Waals surface area contributed by atoms with Gasteiger partial charge in [0.1, 0.15) is 22.2 Å². The number of methoxy groups -OCH3 is 1. The summed E-state index contributed by atoms with van der Waals surface area (Å²) in [4.78, 5) is 30.0. The number of hydrogen-bond acceptors (Lipinski definition) is 7. The van der Waals surface area contributed by atoms with Crippen LogP contribution in [0.2, 0.25) is 0 Å².